The van der Waals surface area contributed by atoms with Gasteiger partial charge in [-0.3, -0.25) is 4.79 Å². The van der Waals surface area contributed by atoms with Crippen molar-refractivity contribution in [3.63, 3.8) is 0 Å². The Labute approximate surface area is 76.5 Å². The maximum atomic E-state index is 10.8. The average molecular weight is 199 g/mol. The summed E-state index contributed by atoms with van der Waals surface area (Å²) >= 11 is 10.6. The average Bonchev–Trinajstić information content (AvgIpc) is 1.97. The van der Waals surface area contributed by atoms with E-state index in [0.717, 1.165) is 19.3 Å². The van der Waals surface area contributed by atoms with Crippen LogP contribution in [-0.4, -0.2) is 22.3 Å². The third-order valence-corrected chi connectivity index (χ3v) is 1.81. The van der Waals surface area contributed by atoms with Crippen molar-refractivity contribution in [2.45, 2.75) is 30.5 Å². The summed E-state index contributed by atoms with van der Waals surface area (Å²) in [4.78, 5) is 9.89. The Kier molecular flexibility index (Phi) is 7.02. The first-order valence-corrected chi connectivity index (χ1v) is 4.47. The summed E-state index contributed by atoms with van der Waals surface area (Å²) in [6.07, 6.45) is 2.76. The number of halogens is 2. The maximum Gasteiger partial charge on any atom is 0.165 e. The second-order valence-corrected chi connectivity index (χ2v) is 3.40. The lowest BCUT2D eigenvalue weighted by molar-refractivity contribution is -0.117. The third kappa shape index (κ3) is 6.60. The lowest BCUT2D eigenvalue weighted by Gasteiger charge is -1.99. The van der Waals surface area contributed by atoms with Crippen LogP contribution in [0.4, 0.5) is 0 Å². The number of aliphatic hydroxyl groups is 1. The minimum atomic E-state index is -0.885. The second kappa shape index (κ2) is 6.89. The molecule has 0 aliphatic carbocycles. The van der Waals surface area contributed by atoms with Gasteiger partial charge in [0.1, 0.15) is 0 Å². The van der Waals surface area contributed by atoms with Gasteiger partial charge in [-0.05, 0) is 12.8 Å². The molecule has 0 atom stereocenters. The van der Waals surface area contributed by atoms with Crippen LogP contribution >= 0.6 is 23.2 Å². The summed E-state index contributed by atoms with van der Waals surface area (Å²) in [5, 5.41) is 8.40. The Balaban J connectivity index is 3.18. The fraction of sp³-hybridized carbons (Fsp3) is 0.857. The zero-order chi connectivity index (χ0) is 8.69. The first-order valence-electron chi connectivity index (χ1n) is 3.60. The van der Waals surface area contributed by atoms with E-state index in [0.29, 0.717) is 6.42 Å². The van der Waals surface area contributed by atoms with Crippen LogP contribution in [0.1, 0.15) is 25.7 Å². The fourth-order valence-corrected chi connectivity index (χ4v) is 0.915. The van der Waals surface area contributed by atoms with Crippen molar-refractivity contribution in [3.8, 4) is 0 Å². The van der Waals surface area contributed by atoms with Gasteiger partial charge in [0.05, 0.1) is 0 Å². The molecule has 0 aromatic rings. The molecule has 1 N–H and O–H groups in total. The van der Waals surface area contributed by atoms with Gasteiger partial charge in [0.25, 0.3) is 0 Å². The molecule has 0 rings (SSSR count). The minimum absolute atomic E-state index is 0.133. The van der Waals surface area contributed by atoms with Crippen molar-refractivity contribution in [1.29, 1.82) is 0 Å². The van der Waals surface area contributed by atoms with Gasteiger partial charge in [0.2, 0.25) is 0 Å². The fourth-order valence-electron chi connectivity index (χ4n) is 0.697. The number of alkyl halides is 2. The number of carbonyl (C=O) groups is 1. The summed E-state index contributed by atoms with van der Waals surface area (Å²) in [5.41, 5.74) is 0. The van der Waals surface area contributed by atoms with Crippen LogP contribution in [0.5, 0.6) is 0 Å². The molecule has 0 bridgehead atoms. The topological polar surface area (TPSA) is 37.3 Å². The predicted molar refractivity (Wildman–Crippen MR) is 46.1 cm³/mol. The van der Waals surface area contributed by atoms with E-state index in [1.54, 1.807) is 0 Å². The van der Waals surface area contributed by atoms with E-state index < -0.39 is 4.84 Å². The molecule has 2 nitrogen and oxygen atoms in total. The molecule has 0 fully saturated rings. The first kappa shape index (κ1) is 11.2. The first-order chi connectivity index (χ1) is 5.18. The Morgan fingerprint density at radius 1 is 1.27 bits per heavy atom. The quantitative estimate of drug-likeness (QED) is 0.524. The Morgan fingerprint density at radius 2 is 1.91 bits per heavy atom. The predicted octanol–water partition coefficient (Wildman–Crippen LogP) is 1.91. The van der Waals surface area contributed by atoms with Crippen LogP contribution in [-0.2, 0) is 4.79 Å². The molecule has 0 unspecified atom stereocenters. The highest BCUT2D eigenvalue weighted by Crippen LogP contribution is 2.09. The molecule has 0 aliphatic heterocycles. The molecule has 0 radical (unpaired) electrons. The Bertz CT molecular complexity index is 115. The third-order valence-electron chi connectivity index (χ3n) is 1.32. The number of hydrogen-bond donors (Lipinski definition) is 1. The van der Waals surface area contributed by atoms with E-state index in [4.69, 9.17) is 28.3 Å². The van der Waals surface area contributed by atoms with Gasteiger partial charge in [0.15, 0.2) is 10.6 Å². The molecule has 0 saturated heterocycles. The molecule has 0 aliphatic rings. The van der Waals surface area contributed by atoms with Crippen LogP contribution in [0.15, 0.2) is 0 Å². The zero-order valence-corrected chi connectivity index (χ0v) is 7.74. The van der Waals surface area contributed by atoms with Gasteiger partial charge < -0.3 is 5.11 Å². The Morgan fingerprint density at radius 3 is 2.36 bits per heavy atom. The minimum Gasteiger partial charge on any atom is -0.396 e. The van der Waals surface area contributed by atoms with Crippen molar-refractivity contribution < 1.29 is 9.90 Å². The molecular formula is C7H12Cl2O2. The van der Waals surface area contributed by atoms with E-state index in [2.05, 4.69) is 0 Å². The lowest BCUT2D eigenvalue weighted by Crippen LogP contribution is -2.06. The standard InChI is InChI=1S/C7H12Cl2O2/c8-7(9)6(11)4-2-1-3-5-10/h7,10H,1-5H2. The van der Waals surface area contributed by atoms with E-state index in [1.807, 2.05) is 0 Å². The van der Waals surface area contributed by atoms with Crippen molar-refractivity contribution in [1.82, 2.24) is 0 Å². The Hall–Kier alpha value is 0.210. The van der Waals surface area contributed by atoms with E-state index >= 15 is 0 Å². The monoisotopic (exact) mass is 198 g/mol. The zero-order valence-electron chi connectivity index (χ0n) is 6.22. The number of unbranched alkanes of at least 4 members (excludes halogenated alkanes) is 2. The summed E-state index contributed by atoms with van der Waals surface area (Å²) in [5.74, 6) is -0.133. The van der Waals surface area contributed by atoms with Crippen LogP contribution < -0.4 is 0 Å². The summed E-state index contributed by atoms with van der Waals surface area (Å²) in [7, 11) is 0. The largest absolute Gasteiger partial charge is 0.396 e. The molecule has 0 heterocycles. The van der Waals surface area contributed by atoms with Gasteiger partial charge in [-0.2, -0.15) is 0 Å². The number of ketones is 1. The van der Waals surface area contributed by atoms with Crippen molar-refractivity contribution >= 4 is 29.0 Å². The molecule has 0 aromatic carbocycles. The van der Waals surface area contributed by atoms with E-state index in [1.165, 1.54) is 0 Å². The van der Waals surface area contributed by atoms with Crippen LogP contribution in [0.2, 0.25) is 0 Å². The highest BCUT2D eigenvalue weighted by atomic mass is 35.5. The second-order valence-electron chi connectivity index (χ2n) is 2.30. The summed E-state index contributed by atoms with van der Waals surface area (Å²) < 4.78 is 0. The normalized spacial score (nSPS) is 10.5. The van der Waals surface area contributed by atoms with Crippen molar-refractivity contribution in [2.24, 2.45) is 0 Å². The van der Waals surface area contributed by atoms with Gasteiger partial charge in [-0.1, -0.05) is 29.6 Å². The highest BCUT2D eigenvalue weighted by Gasteiger charge is 2.09. The highest BCUT2D eigenvalue weighted by molar-refractivity contribution is 6.53. The number of aliphatic hydroxyl groups excluding tert-OH is 1. The molecule has 0 spiro atoms. The van der Waals surface area contributed by atoms with Crippen LogP contribution in [0.3, 0.4) is 0 Å². The van der Waals surface area contributed by atoms with Crippen molar-refractivity contribution in [2.75, 3.05) is 6.61 Å². The van der Waals surface area contributed by atoms with E-state index in [9.17, 15) is 4.79 Å². The van der Waals surface area contributed by atoms with Crippen LogP contribution in [0, 0.1) is 0 Å². The lowest BCUT2D eigenvalue weighted by atomic mass is 10.1. The van der Waals surface area contributed by atoms with Gasteiger partial charge in [-0.15, -0.1) is 0 Å². The molecule has 11 heavy (non-hydrogen) atoms. The number of rotatable bonds is 6. The summed E-state index contributed by atoms with van der Waals surface area (Å²) in [6.45, 7) is 0.180. The van der Waals surface area contributed by atoms with Gasteiger partial charge in [0, 0.05) is 13.0 Å². The number of carbonyl (C=O) groups excluding carboxylic acids is 1. The smallest absolute Gasteiger partial charge is 0.165 e. The molecule has 66 valence electrons. The number of hydrogen-bond acceptors (Lipinski definition) is 2. The molecular weight excluding hydrogens is 187 g/mol. The van der Waals surface area contributed by atoms with E-state index in [-0.39, 0.29) is 12.4 Å². The maximum absolute atomic E-state index is 10.8. The van der Waals surface area contributed by atoms with Gasteiger partial charge >= 0.3 is 0 Å². The SMILES string of the molecule is O=C(CCCCCO)C(Cl)Cl. The molecule has 0 amide bonds. The molecule has 4 heteroatoms. The van der Waals surface area contributed by atoms with Gasteiger partial charge in [-0.25, -0.2) is 0 Å². The molecule has 0 saturated carbocycles. The summed E-state index contributed by atoms with van der Waals surface area (Å²) in [6, 6.07) is 0. The van der Waals surface area contributed by atoms with Crippen LogP contribution in [0.25, 0.3) is 0 Å². The molecule has 0 aromatic heterocycles. The van der Waals surface area contributed by atoms with Crippen molar-refractivity contribution in [3.05, 3.63) is 0 Å². The number of Topliss-reactive ketones (excluding diaryl/α,β-unsaturated/α-hetero) is 1.